The molecule has 2 rings (SSSR count). The average Bonchev–Trinajstić information content (AvgIpc) is 2.32. The third kappa shape index (κ3) is 2.46. The molecule has 0 radical (unpaired) electrons. The highest BCUT2D eigenvalue weighted by molar-refractivity contribution is 5.35. The number of nitrogens with one attached hydrogen (secondary N) is 1. The van der Waals surface area contributed by atoms with Crippen LogP contribution in [0.5, 0.6) is 0 Å². The van der Waals surface area contributed by atoms with Crippen molar-refractivity contribution in [3.63, 3.8) is 0 Å². The van der Waals surface area contributed by atoms with E-state index in [-0.39, 0.29) is 5.43 Å². The quantitative estimate of drug-likeness (QED) is 0.581. The van der Waals surface area contributed by atoms with Crippen LogP contribution in [0.15, 0.2) is 47.7 Å². The summed E-state index contributed by atoms with van der Waals surface area (Å²) in [4.78, 5) is 14.9. The molecule has 2 aromatic heterocycles. The maximum absolute atomic E-state index is 10.9. The van der Waals surface area contributed by atoms with Gasteiger partial charge in [0.15, 0.2) is 5.43 Å². The van der Waals surface area contributed by atoms with Crippen molar-refractivity contribution >= 4 is 5.82 Å². The van der Waals surface area contributed by atoms with Crippen LogP contribution in [0.3, 0.4) is 0 Å². The smallest absolute Gasteiger partial charge is 0.181 e. The number of rotatable bonds is 3. The van der Waals surface area contributed by atoms with Crippen molar-refractivity contribution in [3.05, 3.63) is 58.6 Å². The fourth-order valence-corrected chi connectivity index (χ4v) is 1.41. The molecule has 0 atom stereocenters. The lowest BCUT2D eigenvalue weighted by Crippen LogP contribution is -2.09. The van der Waals surface area contributed by atoms with Gasteiger partial charge in [0.25, 0.3) is 0 Å². The summed E-state index contributed by atoms with van der Waals surface area (Å²) in [5.74, 6) is 5.89. The second-order valence-electron chi connectivity index (χ2n) is 3.40. The predicted octanol–water partition coefficient (Wildman–Crippen LogP) is 0.577. The Morgan fingerprint density at radius 3 is 2.75 bits per heavy atom. The van der Waals surface area contributed by atoms with Crippen LogP contribution in [0.25, 0.3) is 0 Å². The Morgan fingerprint density at radius 2 is 2.06 bits per heavy atom. The fourth-order valence-electron chi connectivity index (χ4n) is 1.41. The van der Waals surface area contributed by atoms with Crippen LogP contribution in [-0.2, 0) is 6.54 Å². The minimum Gasteiger partial charge on any atom is -0.350 e. The number of hydrogen-bond acceptors (Lipinski definition) is 4. The van der Waals surface area contributed by atoms with E-state index in [9.17, 15) is 4.79 Å². The number of nitrogens with zero attached hydrogens (tertiary/aromatic N) is 2. The lowest BCUT2D eigenvalue weighted by molar-refractivity contribution is 0.787. The Morgan fingerprint density at radius 1 is 1.31 bits per heavy atom. The first kappa shape index (κ1) is 10.4. The number of anilines is 1. The van der Waals surface area contributed by atoms with Crippen molar-refractivity contribution in [2.45, 2.75) is 6.54 Å². The third-order valence-corrected chi connectivity index (χ3v) is 2.20. The molecule has 2 aromatic rings. The molecule has 0 unspecified atom stereocenters. The van der Waals surface area contributed by atoms with E-state index in [0.717, 1.165) is 5.56 Å². The Balaban J connectivity index is 2.20. The summed E-state index contributed by atoms with van der Waals surface area (Å²) >= 11 is 0. The van der Waals surface area contributed by atoms with E-state index in [1.165, 1.54) is 12.1 Å². The standard InChI is InChI=1S/C11H12N4O/c12-14-11-7-9(1-4-13-11)8-15-5-2-10(16)3-6-15/h1-7H,8,12H2,(H,13,14). The molecule has 0 spiro atoms. The monoisotopic (exact) mass is 216 g/mol. The Bertz CT molecular complexity index is 515. The van der Waals surface area contributed by atoms with Crippen LogP contribution < -0.4 is 16.7 Å². The summed E-state index contributed by atoms with van der Waals surface area (Å²) in [5.41, 5.74) is 3.56. The lowest BCUT2D eigenvalue weighted by Gasteiger charge is -2.06. The Hall–Kier alpha value is -2.14. The topological polar surface area (TPSA) is 72.9 Å². The summed E-state index contributed by atoms with van der Waals surface area (Å²) < 4.78 is 1.91. The highest BCUT2D eigenvalue weighted by atomic mass is 16.1. The molecule has 16 heavy (non-hydrogen) atoms. The lowest BCUT2D eigenvalue weighted by atomic mass is 10.2. The minimum atomic E-state index is 0.00953. The van der Waals surface area contributed by atoms with E-state index in [1.807, 2.05) is 16.7 Å². The summed E-state index contributed by atoms with van der Waals surface area (Å²) in [6, 6.07) is 6.82. The maximum Gasteiger partial charge on any atom is 0.181 e. The molecule has 5 heteroatoms. The van der Waals surface area contributed by atoms with Crippen molar-refractivity contribution in [2.24, 2.45) is 5.84 Å². The molecule has 5 nitrogen and oxygen atoms in total. The van der Waals surface area contributed by atoms with E-state index in [4.69, 9.17) is 5.84 Å². The molecule has 0 saturated heterocycles. The predicted molar refractivity (Wildman–Crippen MR) is 61.9 cm³/mol. The van der Waals surface area contributed by atoms with Gasteiger partial charge in [-0.2, -0.15) is 0 Å². The van der Waals surface area contributed by atoms with Gasteiger partial charge in [-0.25, -0.2) is 10.8 Å². The number of nitrogen functional groups attached to an aromatic ring is 1. The first-order chi connectivity index (χ1) is 7.78. The molecule has 0 aliphatic rings. The van der Waals surface area contributed by atoms with Gasteiger partial charge in [-0.05, 0) is 17.7 Å². The van der Waals surface area contributed by atoms with E-state index in [0.29, 0.717) is 12.4 Å². The molecule has 0 aliphatic carbocycles. The number of aromatic nitrogens is 2. The molecular formula is C11H12N4O. The zero-order valence-corrected chi connectivity index (χ0v) is 8.63. The summed E-state index contributed by atoms with van der Waals surface area (Å²) in [6.45, 7) is 0.678. The van der Waals surface area contributed by atoms with Crippen LogP contribution in [0, 0.1) is 0 Å². The molecule has 0 fully saturated rings. The molecule has 0 bridgehead atoms. The average molecular weight is 216 g/mol. The van der Waals surface area contributed by atoms with Crippen LogP contribution >= 0.6 is 0 Å². The highest BCUT2D eigenvalue weighted by Gasteiger charge is 1.96. The molecule has 0 amide bonds. The highest BCUT2D eigenvalue weighted by Crippen LogP contribution is 2.06. The third-order valence-electron chi connectivity index (χ3n) is 2.20. The fraction of sp³-hybridized carbons (Fsp3) is 0.0909. The second-order valence-corrected chi connectivity index (χ2v) is 3.40. The Kier molecular flexibility index (Phi) is 2.98. The molecule has 2 heterocycles. The van der Waals surface area contributed by atoms with Crippen molar-refractivity contribution < 1.29 is 0 Å². The van der Waals surface area contributed by atoms with E-state index in [2.05, 4.69) is 10.4 Å². The zero-order chi connectivity index (χ0) is 11.4. The molecule has 82 valence electrons. The van der Waals surface area contributed by atoms with Gasteiger partial charge in [-0.15, -0.1) is 0 Å². The maximum atomic E-state index is 10.9. The van der Waals surface area contributed by atoms with Gasteiger partial charge in [0.2, 0.25) is 0 Å². The number of pyridine rings is 2. The van der Waals surface area contributed by atoms with Crippen LogP contribution in [0.1, 0.15) is 5.56 Å². The molecular weight excluding hydrogens is 204 g/mol. The van der Waals surface area contributed by atoms with Crippen molar-refractivity contribution in [3.8, 4) is 0 Å². The number of hydrogen-bond donors (Lipinski definition) is 2. The zero-order valence-electron chi connectivity index (χ0n) is 8.63. The SMILES string of the molecule is NNc1cc(Cn2ccc(=O)cc2)ccn1. The van der Waals surface area contributed by atoms with Gasteiger partial charge < -0.3 is 9.99 Å². The first-order valence-electron chi connectivity index (χ1n) is 4.85. The largest absolute Gasteiger partial charge is 0.350 e. The minimum absolute atomic E-state index is 0.00953. The van der Waals surface area contributed by atoms with Gasteiger partial charge >= 0.3 is 0 Å². The van der Waals surface area contributed by atoms with Crippen molar-refractivity contribution in [2.75, 3.05) is 5.43 Å². The van der Waals surface area contributed by atoms with Gasteiger partial charge in [0.1, 0.15) is 5.82 Å². The molecule has 0 saturated carbocycles. The van der Waals surface area contributed by atoms with Crippen molar-refractivity contribution in [1.29, 1.82) is 0 Å². The normalized spacial score (nSPS) is 10.1. The molecule has 3 N–H and O–H groups in total. The van der Waals surface area contributed by atoms with Crippen LogP contribution in [-0.4, -0.2) is 9.55 Å². The number of nitrogens with two attached hydrogens (primary N) is 1. The van der Waals surface area contributed by atoms with Crippen molar-refractivity contribution in [1.82, 2.24) is 9.55 Å². The summed E-state index contributed by atoms with van der Waals surface area (Å²) in [6.07, 6.45) is 5.18. The first-order valence-corrected chi connectivity index (χ1v) is 4.85. The van der Waals surface area contributed by atoms with Gasteiger partial charge in [0.05, 0.1) is 0 Å². The molecule has 0 aliphatic heterocycles. The van der Waals surface area contributed by atoms with Gasteiger partial charge in [-0.1, -0.05) is 0 Å². The van der Waals surface area contributed by atoms with E-state index in [1.54, 1.807) is 18.6 Å². The van der Waals surface area contributed by atoms with Crippen LogP contribution in [0.2, 0.25) is 0 Å². The summed E-state index contributed by atoms with van der Waals surface area (Å²) in [5, 5.41) is 0. The van der Waals surface area contributed by atoms with E-state index >= 15 is 0 Å². The Labute approximate surface area is 92.5 Å². The molecule has 0 aromatic carbocycles. The van der Waals surface area contributed by atoms with Gasteiger partial charge in [-0.3, -0.25) is 4.79 Å². The van der Waals surface area contributed by atoms with Gasteiger partial charge in [0, 0.05) is 37.3 Å². The van der Waals surface area contributed by atoms with E-state index < -0.39 is 0 Å². The second kappa shape index (κ2) is 4.59. The number of hydrazine groups is 1. The van der Waals surface area contributed by atoms with Crippen LogP contribution in [0.4, 0.5) is 5.82 Å². The summed E-state index contributed by atoms with van der Waals surface area (Å²) in [7, 11) is 0.